The van der Waals surface area contributed by atoms with E-state index in [-0.39, 0.29) is 17.9 Å². The number of hydroxylamine groups is 2. The van der Waals surface area contributed by atoms with Crippen LogP contribution in [0.2, 0.25) is 0 Å². The summed E-state index contributed by atoms with van der Waals surface area (Å²) in [5, 5.41) is 13.9. The van der Waals surface area contributed by atoms with Crippen molar-refractivity contribution in [3.8, 4) is 0 Å². The maximum atomic E-state index is 12.1. The number of carboxylic acid groups (broad SMARTS) is 1. The van der Waals surface area contributed by atoms with Crippen LogP contribution in [0.25, 0.3) is 0 Å². The molecule has 0 spiro atoms. The lowest BCUT2D eigenvalue weighted by Gasteiger charge is -2.22. The van der Waals surface area contributed by atoms with E-state index in [9.17, 15) is 14.7 Å². The van der Waals surface area contributed by atoms with Crippen LogP contribution in [0.1, 0.15) is 25.5 Å². The minimum atomic E-state index is -1.45. The third kappa shape index (κ3) is 3.08. The van der Waals surface area contributed by atoms with Crippen LogP contribution < -0.4 is 10.4 Å². The highest BCUT2D eigenvalue weighted by molar-refractivity contribution is 5.86. The maximum Gasteiger partial charge on any atom is 0.268 e. The standard InChI is InChI=1S/C14H18N2O4/c1-9-8-16(13(17)12(9)15-14(18)19)20-10(2)11-6-4-3-5-7-11/h3-7,9-10,12,15H,8H2,1-2H3,(H,18,19)/p-1. The van der Waals surface area contributed by atoms with Crippen LogP contribution in [0.4, 0.5) is 4.79 Å². The Morgan fingerprint density at radius 1 is 1.45 bits per heavy atom. The second-order valence-corrected chi connectivity index (χ2v) is 4.94. The molecule has 6 heteroatoms. The van der Waals surface area contributed by atoms with Gasteiger partial charge in [0.1, 0.15) is 18.2 Å². The van der Waals surface area contributed by atoms with Crippen molar-refractivity contribution < 1.29 is 19.5 Å². The van der Waals surface area contributed by atoms with E-state index in [1.54, 1.807) is 6.92 Å². The quantitative estimate of drug-likeness (QED) is 0.866. The van der Waals surface area contributed by atoms with E-state index in [1.165, 1.54) is 5.06 Å². The van der Waals surface area contributed by atoms with Crippen molar-refractivity contribution in [1.29, 1.82) is 0 Å². The summed E-state index contributed by atoms with van der Waals surface area (Å²) in [5.41, 5.74) is 0.948. The molecule has 0 aromatic heterocycles. The Bertz CT molecular complexity index is 491. The van der Waals surface area contributed by atoms with Gasteiger partial charge < -0.3 is 15.2 Å². The van der Waals surface area contributed by atoms with Gasteiger partial charge in [0.15, 0.2) is 0 Å². The van der Waals surface area contributed by atoms with E-state index in [4.69, 9.17) is 4.84 Å². The molecule has 3 atom stereocenters. The van der Waals surface area contributed by atoms with Gasteiger partial charge in [0, 0.05) is 5.92 Å². The minimum Gasteiger partial charge on any atom is -0.530 e. The average Bonchev–Trinajstić information content (AvgIpc) is 2.67. The van der Waals surface area contributed by atoms with Crippen molar-refractivity contribution in [2.75, 3.05) is 6.54 Å². The smallest absolute Gasteiger partial charge is 0.268 e. The second kappa shape index (κ2) is 5.92. The maximum absolute atomic E-state index is 12.1. The molecule has 3 unspecified atom stereocenters. The van der Waals surface area contributed by atoms with Crippen molar-refractivity contribution in [2.45, 2.75) is 26.0 Å². The van der Waals surface area contributed by atoms with Gasteiger partial charge in [0.05, 0.1) is 6.54 Å². The predicted octanol–water partition coefficient (Wildman–Crippen LogP) is 0.459. The van der Waals surface area contributed by atoms with Gasteiger partial charge in [-0.1, -0.05) is 37.3 Å². The molecular weight excluding hydrogens is 260 g/mol. The van der Waals surface area contributed by atoms with Crippen molar-refractivity contribution >= 4 is 12.0 Å². The summed E-state index contributed by atoms with van der Waals surface area (Å²) in [5.74, 6) is -0.548. The lowest BCUT2D eigenvalue weighted by Crippen LogP contribution is -2.48. The fourth-order valence-electron chi connectivity index (χ4n) is 2.26. The molecule has 2 rings (SSSR count). The van der Waals surface area contributed by atoms with Gasteiger partial charge in [-0.15, -0.1) is 0 Å². The normalized spacial score (nSPS) is 23.7. The average molecular weight is 277 g/mol. The van der Waals surface area contributed by atoms with Gasteiger partial charge >= 0.3 is 0 Å². The number of hydrogen-bond acceptors (Lipinski definition) is 4. The molecule has 0 aliphatic carbocycles. The van der Waals surface area contributed by atoms with Gasteiger partial charge in [-0.2, -0.15) is 0 Å². The van der Waals surface area contributed by atoms with E-state index in [0.29, 0.717) is 6.54 Å². The highest BCUT2D eigenvalue weighted by Crippen LogP contribution is 2.24. The topological polar surface area (TPSA) is 81.7 Å². The molecular formula is C14H17N2O4-. The molecule has 1 fully saturated rings. The van der Waals surface area contributed by atoms with E-state index in [2.05, 4.69) is 5.32 Å². The number of amides is 2. The number of hydrogen-bond donors (Lipinski definition) is 1. The van der Waals surface area contributed by atoms with Crippen LogP contribution in [0.3, 0.4) is 0 Å². The first-order valence-electron chi connectivity index (χ1n) is 6.49. The molecule has 0 saturated carbocycles. The molecule has 2 amide bonds. The third-order valence-electron chi connectivity index (χ3n) is 3.36. The molecule has 20 heavy (non-hydrogen) atoms. The van der Waals surface area contributed by atoms with Crippen LogP contribution in [0, 0.1) is 5.92 Å². The molecule has 6 nitrogen and oxygen atoms in total. The van der Waals surface area contributed by atoms with E-state index in [0.717, 1.165) is 5.56 Å². The molecule has 1 aliphatic heterocycles. The van der Waals surface area contributed by atoms with Crippen LogP contribution in [-0.2, 0) is 9.63 Å². The summed E-state index contributed by atoms with van der Waals surface area (Å²) in [7, 11) is 0. The Morgan fingerprint density at radius 2 is 2.10 bits per heavy atom. The zero-order valence-corrected chi connectivity index (χ0v) is 11.4. The third-order valence-corrected chi connectivity index (χ3v) is 3.36. The summed E-state index contributed by atoms with van der Waals surface area (Å²) in [6.07, 6.45) is -1.73. The number of nitrogens with zero attached hydrogens (tertiary/aromatic N) is 1. The van der Waals surface area contributed by atoms with Gasteiger partial charge in [-0.3, -0.25) is 9.63 Å². The Labute approximate surface area is 117 Å². The lowest BCUT2D eigenvalue weighted by atomic mass is 10.1. The van der Waals surface area contributed by atoms with Gasteiger partial charge in [0.25, 0.3) is 5.91 Å². The zero-order chi connectivity index (χ0) is 14.7. The van der Waals surface area contributed by atoms with Crippen molar-refractivity contribution in [1.82, 2.24) is 10.4 Å². The predicted molar refractivity (Wildman–Crippen MR) is 69.1 cm³/mol. The first kappa shape index (κ1) is 14.3. The molecule has 1 N–H and O–H groups in total. The molecule has 0 radical (unpaired) electrons. The molecule has 1 aromatic rings. The van der Waals surface area contributed by atoms with Crippen molar-refractivity contribution in [2.24, 2.45) is 5.92 Å². The van der Waals surface area contributed by atoms with Crippen LogP contribution in [0.5, 0.6) is 0 Å². The number of carbonyl (C=O) groups excluding carboxylic acids is 2. The number of rotatable bonds is 4. The highest BCUT2D eigenvalue weighted by atomic mass is 16.7. The summed E-state index contributed by atoms with van der Waals surface area (Å²) in [4.78, 5) is 28.3. The summed E-state index contributed by atoms with van der Waals surface area (Å²) < 4.78 is 0. The van der Waals surface area contributed by atoms with Crippen LogP contribution in [-0.4, -0.2) is 29.7 Å². The number of benzene rings is 1. The molecule has 1 aliphatic rings. The zero-order valence-electron chi connectivity index (χ0n) is 11.4. The summed E-state index contributed by atoms with van der Waals surface area (Å²) in [6.45, 7) is 3.97. The first-order valence-corrected chi connectivity index (χ1v) is 6.49. The monoisotopic (exact) mass is 277 g/mol. The van der Waals surface area contributed by atoms with Crippen molar-refractivity contribution in [3.63, 3.8) is 0 Å². The molecule has 1 heterocycles. The van der Waals surface area contributed by atoms with E-state index in [1.807, 2.05) is 37.3 Å². The SMILES string of the molecule is CC(ON1CC(C)C(NC(=O)[O-])C1=O)c1ccccc1. The van der Waals surface area contributed by atoms with Gasteiger partial charge in [0.2, 0.25) is 0 Å². The Balaban J connectivity index is 2.00. The summed E-state index contributed by atoms with van der Waals surface area (Å²) in [6, 6.07) is 8.70. The van der Waals surface area contributed by atoms with Crippen LogP contribution in [0.15, 0.2) is 30.3 Å². The van der Waals surface area contributed by atoms with E-state index >= 15 is 0 Å². The molecule has 108 valence electrons. The minimum absolute atomic E-state index is 0.164. The Hall–Kier alpha value is -2.08. The molecule has 1 saturated heterocycles. The highest BCUT2D eigenvalue weighted by Gasteiger charge is 2.39. The molecule has 1 aromatic carbocycles. The Kier molecular flexibility index (Phi) is 4.24. The molecule has 0 bridgehead atoms. The van der Waals surface area contributed by atoms with Crippen molar-refractivity contribution in [3.05, 3.63) is 35.9 Å². The second-order valence-electron chi connectivity index (χ2n) is 4.94. The van der Waals surface area contributed by atoms with Gasteiger partial charge in [-0.25, -0.2) is 5.06 Å². The Morgan fingerprint density at radius 3 is 2.70 bits per heavy atom. The van der Waals surface area contributed by atoms with Crippen LogP contribution >= 0.6 is 0 Å². The fraction of sp³-hybridized carbons (Fsp3) is 0.429. The van der Waals surface area contributed by atoms with Gasteiger partial charge in [-0.05, 0) is 12.5 Å². The summed E-state index contributed by atoms with van der Waals surface area (Å²) >= 11 is 0. The number of nitrogens with one attached hydrogen (secondary N) is 1. The largest absolute Gasteiger partial charge is 0.530 e. The lowest BCUT2D eigenvalue weighted by molar-refractivity contribution is -0.252. The van der Waals surface area contributed by atoms with E-state index < -0.39 is 12.1 Å². The number of carbonyl (C=O) groups is 2. The fourth-order valence-corrected chi connectivity index (χ4v) is 2.26. The first-order chi connectivity index (χ1) is 9.49.